The quantitative estimate of drug-likeness (QED) is 0.870. The zero-order chi connectivity index (χ0) is 16.2. The van der Waals surface area contributed by atoms with E-state index in [0.29, 0.717) is 0 Å². The minimum Gasteiger partial charge on any atom is -0.339 e. The number of likely N-dealkylation sites (tertiary alicyclic amines) is 1. The zero-order valence-electron chi connectivity index (χ0n) is 13.8. The highest BCUT2D eigenvalue weighted by atomic mass is 16.2. The summed E-state index contributed by atoms with van der Waals surface area (Å²) >= 11 is 0. The van der Waals surface area contributed by atoms with Crippen molar-refractivity contribution < 1.29 is 4.79 Å². The van der Waals surface area contributed by atoms with E-state index >= 15 is 0 Å². The summed E-state index contributed by atoms with van der Waals surface area (Å²) in [6.45, 7) is 1.56. The molecular weight excluding hydrogens is 288 g/mol. The lowest BCUT2D eigenvalue weighted by molar-refractivity contribution is -0.138. The summed E-state index contributed by atoms with van der Waals surface area (Å²) in [4.78, 5) is 17.1. The Labute approximate surface area is 137 Å². The molecule has 1 aromatic carbocycles. The van der Waals surface area contributed by atoms with Crippen molar-refractivity contribution in [1.82, 2.24) is 19.6 Å². The molecule has 2 aromatic rings. The second kappa shape index (κ2) is 6.96. The number of nitrogens with zero attached hydrogens (tertiary/aromatic N) is 4. The van der Waals surface area contributed by atoms with E-state index in [-0.39, 0.29) is 18.0 Å². The van der Waals surface area contributed by atoms with Crippen molar-refractivity contribution in [2.75, 3.05) is 27.2 Å². The van der Waals surface area contributed by atoms with Gasteiger partial charge >= 0.3 is 0 Å². The molecule has 2 atom stereocenters. The number of piperidine rings is 1. The minimum atomic E-state index is -0.229. The molecule has 0 unspecified atom stereocenters. The van der Waals surface area contributed by atoms with E-state index in [1.807, 2.05) is 71.2 Å². The van der Waals surface area contributed by atoms with Gasteiger partial charge in [0.15, 0.2) is 0 Å². The number of hydrogen-bond acceptors (Lipinski definition) is 3. The predicted octanol–water partition coefficient (Wildman–Crippen LogP) is 2.35. The Morgan fingerprint density at radius 3 is 2.70 bits per heavy atom. The number of carbonyl (C=O) groups excluding carboxylic acids is 1. The third kappa shape index (κ3) is 3.45. The van der Waals surface area contributed by atoms with Gasteiger partial charge in [0.1, 0.15) is 6.04 Å². The van der Waals surface area contributed by atoms with Crippen molar-refractivity contribution in [3.63, 3.8) is 0 Å². The van der Waals surface area contributed by atoms with Gasteiger partial charge in [-0.25, -0.2) is 0 Å². The van der Waals surface area contributed by atoms with Gasteiger partial charge in [-0.15, -0.1) is 0 Å². The van der Waals surface area contributed by atoms with Crippen LogP contribution in [0.15, 0.2) is 48.8 Å². The molecule has 1 aliphatic heterocycles. The van der Waals surface area contributed by atoms with Crippen LogP contribution in [-0.4, -0.2) is 52.7 Å². The van der Waals surface area contributed by atoms with Gasteiger partial charge in [-0.3, -0.25) is 14.4 Å². The molecule has 2 heterocycles. The molecule has 1 saturated heterocycles. The van der Waals surface area contributed by atoms with Crippen LogP contribution in [-0.2, 0) is 4.79 Å². The van der Waals surface area contributed by atoms with E-state index in [2.05, 4.69) is 5.10 Å². The minimum absolute atomic E-state index is 0.179. The Morgan fingerprint density at radius 1 is 1.26 bits per heavy atom. The monoisotopic (exact) mass is 312 g/mol. The Bertz CT molecular complexity index is 624. The molecule has 0 aliphatic carbocycles. The van der Waals surface area contributed by atoms with E-state index in [0.717, 1.165) is 31.5 Å². The summed E-state index contributed by atoms with van der Waals surface area (Å²) in [7, 11) is 3.93. The molecule has 0 saturated carbocycles. The normalized spacial score (nSPS) is 19.8. The largest absolute Gasteiger partial charge is 0.339 e. The standard InChI is InChI=1S/C18H24N4O/c1-20(2)17(15-8-4-3-5-9-15)18(23)21-12-6-10-16(14-21)22-13-7-11-19-22/h3-5,7-9,11,13,16-17H,6,10,12,14H2,1-2H3/t16-,17+/m1/s1. The van der Waals surface area contributed by atoms with Crippen LogP contribution < -0.4 is 0 Å². The summed E-state index contributed by atoms with van der Waals surface area (Å²) in [5.41, 5.74) is 1.05. The van der Waals surface area contributed by atoms with Crippen molar-refractivity contribution in [1.29, 1.82) is 0 Å². The Balaban J connectivity index is 1.77. The Kier molecular flexibility index (Phi) is 4.76. The molecule has 1 aromatic heterocycles. The lowest BCUT2D eigenvalue weighted by Crippen LogP contribution is -2.46. The molecule has 122 valence electrons. The first-order valence-corrected chi connectivity index (χ1v) is 8.16. The van der Waals surface area contributed by atoms with Gasteiger partial charge < -0.3 is 4.90 Å². The second-order valence-electron chi connectivity index (χ2n) is 6.34. The average Bonchev–Trinajstić information content (AvgIpc) is 3.10. The predicted molar refractivity (Wildman–Crippen MR) is 89.9 cm³/mol. The second-order valence-corrected chi connectivity index (χ2v) is 6.34. The molecule has 0 bridgehead atoms. The molecular formula is C18H24N4O. The smallest absolute Gasteiger partial charge is 0.244 e. The molecule has 5 nitrogen and oxygen atoms in total. The molecule has 1 aliphatic rings. The van der Waals surface area contributed by atoms with Gasteiger partial charge in [0.25, 0.3) is 0 Å². The number of benzene rings is 1. The highest BCUT2D eigenvalue weighted by Crippen LogP contribution is 2.26. The van der Waals surface area contributed by atoms with Crippen LogP contribution in [0.3, 0.4) is 0 Å². The molecule has 5 heteroatoms. The van der Waals surface area contributed by atoms with Crippen molar-refractivity contribution in [2.45, 2.75) is 24.9 Å². The van der Waals surface area contributed by atoms with Crippen LogP contribution in [0.1, 0.15) is 30.5 Å². The molecule has 1 amide bonds. The van der Waals surface area contributed by atoms with E-state index in [1.165, 1.54) is 0 Å². The summed E-state index contributed by atoms with van der Waals surface area (Å²) in [5, 5.41) is 4.34. The number of likely N-dealkylation sites (N-methyl/N-ethyl adjacent to an activating group) is 1. The van der Waals surface area contributed by atoms with Gasteiger partial charge in [-0.2, -0.15) is 5.10 Å². The summed E-state index contributed by atoms with van der Waals surface area (Å²) < 4.78 is 1.98. The van der Waals surface area contributed by atoms with E-state index in [1.54, 1.807) is 6.20 Å². The van der Waals surface area contributed by atoms with Crippen LogP contribution >= 0.6 is 0 Å². The molecule has 3 rings (SSSR count). The SMILES string of the molecule is CN(C)[C@H](C(=O)N1CCC[C@@H](n2cccn2)C1)c1ccccc1. The first kappa shape index (κ1) is 15.7. The highest BCUT2D eigenvalue weighted by molar-refractivity contribution is 5.83. The number of hydrogen-bond donors (Lipinski definition) is 0. The third-order valence-electron chi connectivity index (χ3n) is 4.47. The maximum atomic E-state index is 13.1. The summed E-state index contributed by atoms with van der Waals surface area (Å²) in [6, 6.07) is 12.0. The van der Waals surface area contributed by atoms with Crippen molar-refractivity contribution in [3.8, 4) is 0 Å². The number of aromatic nitrogens is 2. The van der Waals surface area contributed by atoms with Gasteiger partial charge in [0.05, 0.1) is 6.04 Å². The first-order chi connectivity index (χ1) is 11.2. The van der Waals surface area contributed by atoms with Crippen LogP contribution in [0.25, 0.3) is 0 Å². The molecule has 0 N–H and O–H groups in total. The Morgan fingerprint density at radius 2 is 2.04 bits per heavy atom. The van der Waals surface area contributed by atoms with E-state index in [9.17, 15) is 4.79 Å². The van der Waals surface area contributed by atoms with Crippen LogP contribution in [0.2, 0.25) is 0 Å². The first-order valence-electron chi connectivity index (χ1n) is 8.16. The highest BCUT2D eigenvalue weighted by Gasteiger charge is 2.31. The zero-order valence-corrected chi connectivity index (χ0v) is 13.8. The van der Waals surface area contributed by atoms with Crippen molar-refractivity contribution >= 4 is 5.91 Å². The Hall–Kier alpha value is -2.14. The van der Waals surface area contributed by atoms with Crippen LogP contribution in [0.4, 0.5) is 0 Å². The van der Waals surface area contributed by atoms with Gasteiger partial charge in [-0.05, 0) is 38.6 Å². The number of carbonyl (C=O) groups is 1. The van der Waals surface area contributed by atoms with Crippen LogP contribution in [0, 0.1) is 0 Å². The molecule has 23 heavy (non-hydrogen) atoms. The number of amides is 1. The molecule has 0 radical (unpaired) electrons. The summed E-state index contributed by atoms with van der Waals surface area (Å²) in [5.74, 6) is 0.179. The number of rotatable bonds is 4. The van der Waals surface area contributed by atoms with Crippen molar-refractivity contribution in [2.24, 2.45) is 0 Å². The topological polar surface area (TPSA) is 41.4 Å². The summed E-state index contributed by atoms with van der Waals surface area (Å²) in [6.07, 6.45) is 5.88. The van der Waals surface area contributed by atoms with E-state index in [4.69, 9.17) is 0 Å². The van der Waals surface area contributed by atoms with E-state index < -0.39 is 0 Å². The maximum absolute atomic E-state index is 13.1. The van der Waals surface area contributed by atoms with Gasteiger partial charge in [-0.1, -0.05) is 30.3 Å². The fourth-order valence-electron chi connectivity index (χ4n) is 3.34. The molecule has 1 fully saturated rings. The van der Waals surface area contributed by atoms with Crippen molar-refractivity contribution in [3.05, 3.63) is 54.4 Å². The third-order valence-corrected chi connectivity index (χ3v) is 4.47. The molecule has 0 spiro atoms. The van der Waals surface area contributed by atoms with Crippen LogP contribution in [0.5, 0.6) is 0 Å². The van der Waals surface area contributed by atoms with Gasteiger partial charge in [0, 0.05) is 25.5 Å². The maximum Gasteiger partial charge on any atom is 0.244 e. The van der Waals surface area contributed by atoms with Gasteiger partial charge in [0.2, 0.25) is 5.91 Å². The lowest BCUT2D eigenvalue weighted by atomic mass is 10.0. The lowest BCUT2D eigenvalue weighted by Gasteiger charge is -2.36. The average molecular weight is 312 g/mol. The fourth-order valence-corrected chi connectivity index (χ4v) is 3.34. The fraction of sp³-hybridized carbons (Fsp3) is 0.444.